The Balaban J connectivity index is 2.06. The molecular weight excluding hydrogens is 168 g/mol. The van der Waals surface area contributed by atoms with Crippen molar-refractivity contribution in [3.8, 4) is 0 Å². The number of likely N-dealkylation sites (N-methyl/N-ethyl adjacent to an activating group) is 1. The summed E-state index contributed by atoms with van der Waals surface area (Å²) in [6, 6.07) is 0. The lowest BCUT2D eigenvalue weighted by Crippen LogP contribution is -2.39. The van der Waals surface area contributed by atoms with Crippen LogP contribution in [0.25, 0.3) is 0 Å². The van der Waals surface area contributed by atoms with Crippen LogP contribution in [0.3, 0.4) is 0 Å². The van der Waals surface area contributed by atoms with E-state index < -0.39 is 0 Å². The minimum atomic E-state index is 0.0386. The molecule has 1 saturated heterocycles. The van der Waals surface area contributed by atoms with Crippen LogP contribution in [-0.4, -0.2) is 38.8 Å². The molecule has 1 heterocycles. The van der Waals surface area contributed by atoms with Crippen LogP contribution in [0.1, 0.15) is 19.3 Å². The topological polar surface area (TPSA) is 50.4 Å². The van der Waals surface area contributed by atoms with Gasteiger partial charge in [-0.1, -0.05) is 0 Å². The Morgan fingerprint density at radius 2 is 2.38 bits per heavy atom. The van der Waals surface area contributed by atoms with Crippen molar-refractivity contribution >= 4 is 5.91 Å². The Morgan fingerprint density at radius 1 is 1.54 bits per heavy atom. The Kier molecular flexibility index (Phi) is 4.78. The molecule has 0 spiro atoms. The number of hydrogen-bond acceptors (Lipinski definition) is 3. The van der Waals surface area contributed by atoms with Gasteiger partial charge in [-0.15, -0.1) is 0 Å². The van der Waals surface area contributed by atoms with Gasteiger partial charge in [-0.05, 0) is 26.3 Å². The second kappa shape index (κ2) is 5.94. The van der Waals surface area contributed by atoms with Gasteiger partial charge in [-0.3, -0.25) is 4.79 Å². The van der Waals surface area contributed by atoms with Gasteiger partial charge in [0.1, 0.15) is 0 Å². The van der Waals surface area contributed by atoms with Gasteiger partial charge in [-0.2, -0.15) is 0 Å². The Bertz CT molecular complexity index is 156. The molecule has 1 aliphatic heterocycles. The lowest BCUT2D eigenvalue weighted by Gasteiger charge is -2.22. The summed E-state index contributed by atoms with van der Waals surface area (Å²) in [5.41, 5.74) is 0. The molecule has 0 aromatic rings. The molecule has 0 aromatic carbocycles. The van der Waals surface area contributed by atoms with Crippen molar-refractivity contribution in [2.24, 2.45) is 0 Å². The van der Waals surface area contributed by atoms with Crippen molar-refractivity contribution in [2.75, 3.05) is 26.7 Å². The van der Waals surface area contributed by atoms with Gasteiger partial charge in [0.2, 0.25) is 5.91 Å². The summed E-state index contributed by atoms with van der Waals surface area (Å²) in [6.07, 6.45) is 3.67. The molecule has 1 fully saturated rings. The first-order valence-electron chi connectivity index (χ1n) is 4.86. The summed E-state index contributed by atoms with van der Waals surface area (Å²) in [5, 5.41) is 5.63. The van der Waals surface area contributed by atoms with E-state index in [2.05, 4.69) is 10.6 Å². The van der Waals surface area contributed by atoms with E-state index in [9.17, 15) is 4.79 Å². The highest BCUT2D eigenvalue weighted by atomic mass is 16.5. The zero-order valence-electron chi connectivity index (χ0n) is 8.14. The normalized spacial score (nSPS) is 22.7. The standard InChI is InChI=1S/C9H18N2O2/c1-10-7-9(12)11-6-8-4-2-3-5-13-8/h8,10H,2-7H2,1H3,(H,11,12). The fourth-order valence-corrected chi connectivity index (χ4v) is 1.42. The summed E-state index contributed by atoms with van der Waals surface area (Å²) in [7, 11) is 1.76. The van der Waals surface area contributed by atoms with Crippen LogP contribution >= 0.6 is 0 Å². The van der Waals surface area contributed by atoms with E-state index in [0.29, 0.717) is 13.1 Å². The van der Waals surface area contributed by atoms with Gasteiger partial charge in [0.15, 0.2) is 0 Å². The highest BCUT2D eigenvalue weighted by Crippen LogP contribution is 2.11. The Labute approximate surface area is 79.0 Å². The maximum absolute atomic E-state index is 11.1. The third-order valence-corrected chi connectivity index (χ3v) is 2.14. The van der Waals surface area contributed by atoms with Gasteiger partial charge in [0.25, 0.3) is 0 Å². The molecule has 4 heteroatoms. The largest absolute Gasteiger partial charge is 0.376 e. The third kappa shape index (κ3) is 4.24. The van der Waals surface area contributed by atoms with E-state index in [4.69, 9.17) is 4.74 Å². The van der Waals surface area contributed by atoms with Crippen LogP contribution in [0.4, 0.5) is 0 Å². The van der Waals surface area contributed by atoms with Crippen molar-refractivity contribution < 1.29 is 9.53 Å². The summed E-state index contributed by atoms with van der Waals surface area (Å²) in [5.74, 6) is 0.0386. The molecule has 13 heavy (non-hydrogen) atoms. The van der Waals surface area contributed by atoms with Crippen molar-refractivity contribution in [1.82, 2.24) is 10.6 Å². The molecule has 4 nitrogen and oxygen atoms in total. The predicted molar refractivity (Wildman–Crippen MR) is 50.5 cm³/mol. The quantitative estimate of drug-likeness (QED) is 0.644. The summed E-state index contributed by atoms with van der Waals surface area (Å²) in [6.45, 7) is 1.87. The van der Waals surface area contributed by atoms with E-state index in [1.165, 1.54) is 6.42 Å². The molecule has 1 atom stereocenters. The van der Waals surface area contributed by atoms with Crippen LogP contribution in [0, 0.1) is 0 Å². The van der Waals surface area contributed by atoms with Crippen molar-refractivity contribution in [3.05, 3.63) is 0 Å². The van der Waals surface area contributed by atoms with Gasteiger partial charge in [0.05, 0.1) is 12.6 Å². The summed E-state index contributed by atoms with van der Waals surface area (Å²) in [4.78, 5) is 11.1. The average Bonchev–Trinajstić information content (AvgIpc) is 2.17. The minimum Gasteiger partial charge on any atom is -0.376 e. The van der Waals surface area contributed by atoms with Gasteiger partial charge >= 0.3 is 0 Å². The van der Waals surface area contributed by atoms with E-state index in [1.807, 2.05) is 0 Å². The SMILES string of the molecule is CNCC(=O)NCC1CCCCO1. The lowest BCUT2D eigenvalue weighted by atomic mass is 10.1. The van der Waals surface area contributed by atoms with Crippen LogP contribution in [-0.2, 0) is 9.53 Å². The molecule has 0 aromatic heterocycles. The van der Waals surface area contributed by atoms with Crippen molar-refractivity contribution in [3.63, 3.8) is 0 Å². The van der Waals surface area contributed by atoms with Crippen LogP contribution in [0.5, 0.6) is 0 Å². The molecule has 76 valence electrons. The van der Waals surface area contributed by atoms with E-state index >= 15 is 0 Å². The molecule has 1 unspecified atom stereocenters. The number of rotatable bonds is 4. The smallest absolute Gasteiger partial charge is 0.234 e. The molecule has 0 aliphatic carbocycles. The first-order valence-corrected chi connectivity index (χ1v) is 4.86. The average molecular weight is 186 g/mol. The highest BCUT2D eigenvalue weighted by molar-refractivity contribution is 5.77. The number of hydrogen-bond donors (Lipinski definition) is 2. The zero-order valence-corrected chi connectivity index (χ0v) is 8.14. The molecule has 2 N–H and O–H groups in total. The number of nitrogens with one attached hydrogen (secondary N) is 2. The zero-order chi connectivity index (χ0) is 9.52. The Morgan fingerprint density at radius 3 is 3.00 bits per heavy atom. The maximum Gasteiger partial charge on any atom is 0.234 e. The fourth-order valence-electron chi connectivity index (χ4n) is 1.42. The van der Waals surface area contributed by atoms with E-state index in [1.54, 1.807) is 7.05 Å². The van der Waals surface area contributed by atoms with Gasteiger partial charge in [-0.25, -0.2) is 0 Å². The number of carbonyl (C=O) groups is 1. The molecule has 0 bridgehead atoms. The predicted octanol–water partition coefficient (Wildman–Crippen LogP) is -0.109. The highest BCUT2D eigenvalue weighted by Gasteiger charge is 2.13. The second-order valence-electron chi connectivity index (χ2n) is 3.32. The number of carbonyl (C=O) groups excluding carboxylic acids is 1. The lowest BCUT2D eigenvalue weighted by molar-refractivity contribution is -0.121. The molecule has 1 aliphatic rings. The number of ether oxygens (including phenoxy) is 1. The number of amides is 1. The molecule has 1 amide bonds. The summed E-state index contributed by atoms with van der Waals surface area (Å²) < 4.78 is 5.47. The third-order valence-electron chi connectivity index (χ3n) is 2.14. The monoisotopic (exact) mass is 186 g/mol. The molecule has 1 rings (SSSR count). The van der Waals surface area contributed by atoms with Crippen LogP contribution < -0.4 is 10.6 Å². The summed E-state index contributed by atoms with van der Waals surface area (Å²) >= 11 is 0. The molecule has 0 saturated carbocycles. The van der Waals surface area contributed by atoms with E-state index in [0.717, 1.165) is 19.4 Å². The first-order chi connectivity index (χ1) is 6.33. The Hall–Kier alpha value is -0.610. The first kappa shape index (κ1) is 10.5. The van der Waals surface area contributed by atoms with Crippen LogP contribution in [0.15, 0.2) is 0 Å². The minimum absolute atomic E-state index is 0.0386. The maximum atomic E-state index is 11.1. The fraction of sp³-hybridized carbons (Fsp3) is 0.889. The molecular formula is C9H18N2O2. The second-order valence-corrected chi connectivity index (χ2v) is 3.32. The van der Waals surface area contributed by atoms with Gasteiger partial charge in [0, 0.05) is 13.2 Å². The van der Waals surface area contributed by atoms with E-state index in [-0.39, 0.29) is 12.0 Å². The van der Waals surface area contributed by atoms with Crippen molar-refractivity contribution in [2.45, 2.75) is 25.4 Å². The van der Waals surface area contributed by atoms with Gasteiger partial charge < -0.3 is 15.4 Å². The van der Waals surface area contributed by atoms with Crippen LogP contribution in [0.2, 0.25) is 0 Å². The van der Waals surface area contributed by atoms with Crippen molar-refractivity contribution in [1.29, 1.82) is 0 Å². The molecule has 0 radical (unpaired) electrons.